The lowest BCUT2D eigenvalue weighted by Crippen LogP contribution is -2.46. The Morgan fingerprint density at radius 2 is 1.95 bits per heavy atom. The minimum Gasteiger partial charge on any atom is -0.351 e. The predicted octanol–water partition coefficient (Wildman–Crippen LogP) is 3.95. The highest BCUT2D eigenvalue weighted by Crippen LogP contribution is 2.56. The van der Waals surface area contributed by atoms with Crippen molar-refractivity contribution in [1.82, 2.24) is 4.72 Å². The Balaban J connectivity index is 2.44. The molecule has 21 heavy (non-hydrogen) atoms. The van der Waals surface area contributed by atoms with Gasteiger partial charge in [0.05, 0.1) is 10.7 Å². The van der Waals surface area contributed by atoms with E-state index in [0.717, 1.165) is 11.9 Å². The lowest BCUT2D eigenvalue weighted by atomic mass is 9.74. The third-order valence-corrected chi connectivity index (χ3v) is 5.24. The number of urea groups is 1. The van der Waals surface area contributed by atoms with Crippen LogP contribution >= 0.6 is 11.9 Å². The van der Waals surface area contributed by atoms with Crippen molar-refractivity contribution in [1.29, 1.82) is 0 Å². The number of benzene rings is 1. The average molecular weight is 318 g/mol. The molecular formula is C14H17F3N2OS. The van der Waals surface area contributed by atoms with Crippen molar-refractivity contribution < 1.29 is 18.0 Å². The molecule has 7 heteroatoms. The van der Waals surface area contributed by atoms with Crippen LogP contribution < -0.4 is 10.5 Å². The summed E-state index contributed by atoms with van der Waals surface area (Å²) in [6.45, 7) is 0. The van der Waals surface area contributed by atoms with Gasteiger partial charge in [-0.15, -0.1) is 0 Å². The second kappa shape index (κ2) is 6.17. The van der Waals surface area contributed by atoms with Gasteiger partial charge in [-0.3, -0.25) is 4.72 Å². The molecular weight excluding hydrogens is 301 g/mol. The smallest absolute Gasteiger partial charge is 0.351 e. The minimum atomic E-state index is -4.32. The molecule has 0 heterocycles. The van der Waals surface area contributed by atoms with Gasteiger partial charge in [-0.25, -0.2) is 4.79 Å². The number of carbonyl (C=O) groups is 1. The summed E-state index contributed by atoms with van der Waals surface area (Å²) < 4.78 is 41.6. The highest BCUT2D eigenvalue weighted by molar-refractivity contribution is 7.98. The molecule has 2 amide bonds. The van der Waals surface area contributed by atoms with E-state index in [-0.39, 0.29) is 6.42 Å². The number of nitrogens with two attached hydrogens (primary N) is 1. The second-order valence-corrected chi connectivity index (χ2v) is 6.30. The molecule has 0 aromatic heterocycles. The van der Waals surface area contributed by atoms with Gasteiger partial charge >= 0.3 is 12.2 Å². The van der Waals surface area contributed by atoms with Gasteiger partial charge in [0.1, 0.15) is 0 Å². The number of amides is 2. The van der Waals surface area contributed by atoms with Crippen molar-refractivity contribution in [2.75, 3.05) is 0 Å². The van der Waals surface area contributed by atoms with E-state index in [2.05, 4.69) is 4.72 Å². The molecule has 1 aromatic carbocycles. The first-order chi connectivity index (χ1) is 9.86. The Hall–Kier alpha value is -1.37. The lowest BCUT2D eigenvalue weighted by Gasteiger charge is -2.44. The number of nitrogens with one attached hydrogen (secondary N) is 1. The summed E-state index contributed by atoms with van der Waals surface area (Å²) in [7, 11) is 0. The molecule has 0 saturated heterocycles. The van der Waals surface area contributed by atoms with Crippen molar-refractivity contribution in [3.05, 3.63) is 35.9 Å². The van der Waals surface area contributed by atoms with E-state index >= 15 is 0 Å². The normalized spacial score (nSPS) is 26.3. The second-order valence-electron chi connectivity index (χ2n) is 5.16. The summed E-state index contributed by atoms with van der Waals surface area (Å²) in [5.74, 6) is -1.50. The van der Waals surface area contributed by atoms with Gasteiger partial charge in [0.25, 0.3) is 0 Å². The first-order valence-electron chi connectivity index (χ1n) is 6.72. The van der Waals surface area contributed by atoms with Gasteiger partial charge in [0.2, 0.25) is 0 Å². The molecule has 1 fully saturated rings. The van der Waals surface area contributed by atoms with Crippen LogP contribution in [0.5, 0.6) is 0 Å². The van der Waals surface area contributed by atoms with Gasteiger partial charge in [0, 0.05) is 0 Å². The van der Waals surface area contributed by atoms with Crippen molar-refractivity contribution in [3.63, 3.8) is 0 Å². The average Bonchev–Trinajstić information content (AvgIpc) is 2.45. The Labute approximate surface area is 125 Å². The number of halogens is 3. The number of hydrogen-bond donors (Lipinski definition) is 2. The zero-order valence-corrected chi connectivity index (χ0v) is 12.1. The SMILES string of the molecule is NC(=O)NSC1(c2ccccc2)CCCCC1C(F)(F)F. The van der Waals surface area contributed by atoms with E-state index in [1.807, 2.05) is 0 Å². The van der Waals surface area contributed by atoms with E-state index in [4.69, 9.17) is 5.73 Å². The summed E-state index contributed by atoms with van der Waals surface area (Å²) in [5, 5.41) is 0. The number of rotatable bonds is 3. The molecule has 0 radical (unpaired) electrons. The largest absolute Gasteiger partial charge is 0.393 e. The zero-order valence-electron chi connectivity index (χ0n) is 11.3. The summed E-state index contributed by atoms with van der Waals surface area (Å²) in [6.07, 6.45) is -2.68. The molecule has 3 N–H and O–H groups in total. The molecule has 1 aromatic rings. The third kappa shape index (κ3) is 3.45. The maximum absolute atomic E-state index is 13.5. The van der Waals surface area contributed by atoms with Crippen LogP contribution in [0, 0.1) is 5.92 Å². The zero-order chi connectivity index (χ0) is 15.5. The molecule has 3 nitrogen and oxygen atoms in total. The van der Waals surface area contributed by atoms with Gasteiger partial charge in [-0.05, 0) is 30.4 Å². The van der Waals surface area contributed by atoms with Crippen molar-refractivity contribution in [2.24, 2.45) is 11.7 Å². The number of primary amides is 1. The van der Waals surface area contributed by atoms with Gasteiger partial charge < -0.3 is 5.73 Å². The summed E-state index contributed by atoms with van der Waals surface area (Å²) in [6, 6.07) is 7.71. The Bertz CT molecular complexity index is 495. The van der Waals surface area contributed by atoms with Gasteiger partial charge in [-0.1, -0.05) is 43.2 Å². The van der Waals surface area contributed by atoms with Crippen LogP contribution in [0.4, 0.5) is 18.0 Å². The summed E-state index contributed by atoms with van der Waals surface area (Å²) in [4.78, 5) is 11.0. The minimum absolute atomic E-state index is 0.0613. The molecule has 1 aliphatic carbocycles. The standard InChI is InChI=1S/C14H17F3N2OS/c15-14(16,17)11-8-4-5-9-13(11,21-19-12(18)20)10-6-2-1-3-7-10/h1-3,6-7,11H,4-5,8-9H2,(H3,18,19,20). The molecule has 0 aliphatic heterocycles. The Morgan fingerprint density at radius 3 is 2.52 bits per heavy atom. The molecule has 1 saturated carbocycles. The topological polar surface area (TPSA) is 55.1 Å². The first kappa shape index (κ1) is 16.0. The van der Waals surface area contributed by atoms with Crippen LogP contribution in [0.1, 0.15) is 31.2 Å². The molecule has 2 unspecified atom stereocenters. The third-order valence-electron chi connectivity index (χ3n) is 3.85. The monoisotopic (exact) mass is 318 g/mol. The van der Waals surface area contributed by atoms with E-state index in [1.165, 1.54) is 0 Å². The van der Waals surface area contributed by atoms with Crippen LogP contribution in [0.25, 0.3) is 0 Å². The fourth-order valence-corrected chi connectivity index (χ4v) is 4.14. The number of hydrogen-bond acceptors (Lipinski definition) is 2. The quantitative estimate of drug-likeness (QED) is 0.829. The Kier molecular flexibility index (Phi) is 4.70. The van der Waals surface area contributed by atoms with E-state index in [9.17, 15) is 18.0 Å². The molecule has 2 rings (SSSR count). The molecule has 0 spiro atoms. The highest BCUT2D eigenvalue weighted by atomic mass is 32.2. The van der Waals surface area contributed by atoms with E-state index < -0.39 is 22.9 Å². The maximum Gasteiger partial charge on any atom is 0.393 e. The highest BCUT2D eigenvalue weighted by Gasteiger charge is 2.56. The van der Waals surface area contributed by atoms with E-state index in [0.29, 0.717) is 24.8 Å². The van der Waals surface area contributed by atoms with Crippen LogP contribution in [0.3, 0.4) is 0 Å². The van der Waals surface area contributed by atoms with Crippen LogP contribution in [0.15, 0.2) is 30.3 Å². The summed E-state index contributed by atoms with van der Waals surface area (Å²) >= 11 is 0.796. The van der Waals surface area contributed by atoms with Crippen LogP contribution in [-0.4, -0.2) is 12.2 Å². The number of carbonyl (C=O) groups excluding carboxylic acids is 1. The molecule has 116 valence electrons. The maximum atomic E-state index is 13.5. The summed E-state index contributed by atoms with van der Waals surface area (Å²) in [5.41, 5.74) is 5.62. The Morgan fingerprint density at radius 1 is 1.29 bits per heavy atom. The van der Waals surface area contributed by atoms with Crippen molar-refractivity contribution >= 4 is 18.0 Å². The fourth-order valence-electron chi connectivity index (χ4n) is 2.96. The van der Waals surface area contributed by atoms with Crippen molar-refractivity contribution in [3.8, 4) is 0 Å². The molecule has 0 bridgehead atoms. The number of alkyl halides is 3. The predicted molar refractivity (Wildman–Crippen MR) is 76.4 cm³/mol. The fraction of sp³-hybridized carbons (Fsp3) is 0.500. The molecule has 1 aliphatic rings. The van der Waals surface area contributed by atoms with Crippen LogP contribution in [-0.2, 0) is 4.75 Å². The van der Waals surface area contributed by atoms with E-state index in [1.54, 1.807) is 30.3 Å². The van der Waals surface area contributed by atoms with Gasteiger partial charge in [-0.2, -0.15) is 13.2 Å². The molecule has 2 atom stereocenters. The lowest BCUT2D eigenvalue weighted by molar-refractivity contribution is -0.191. The van der Waals surface area contributed by atoms with Crippen molar-refractivity contribution in [2.45, 2.75) is 36.6 Å². The first-order valence-corrected chi connectivity index (χ1v) is 7.53. The van der Waals surface area contributed by atoms with Gasteiger partial charge in [0.15, 0.2) is 0 Å². The van der Waals surface area contributed by atoms with Crippen LogP contribution in [0.2, 0.25) is 0 Å².